The number of methoxy groups -OCH3 is 1. The van der Waals surface area contributed by atoms with Gasteiger partial charge in [0.1, 0.15) is 11.6 Å². The molecule has 0 aromatic heterocycles. The molecule has 0 bridgehead atoms. The van der Waals surface area contributed by atoms with E-state index in [1.54, 1.807) is 31.4 Å². The van der Waals surface area contributed by atoms with Crippen LogP contribution in [-0.4, -0.2) is 46.0 Å². The fraction of sp³-hybridized carbons (Fsp3) is 0.368. The molecule has 0 aliphatic carbocycles. The average molecular weight is 378 g/mol. The number of rotatable bonds is 4. The number of anilines is 1. The summed E-state index contributed by atoms with van der Waals surface area (Å²) in [6.07, 6.45) is 0. The molecule has 2 aromatic rings. The van der Waals surface area contributed by atoms with Crippen LogP contribution in [0.3, 0.4) is 0 Å². The van der Waals surface area contributed by atoms with E-state index in [1.807, 2.05) is 13.8 Å². The van der Waals surface area contributed by atoms with E-state index in [-0.39, 0.29) is 10.7 Å². The maximum Gasteiger partial charge on any atom is 0.243 e. The Kier molecular flexibility index (Phi) is 5.20. The third kappa shape index (κ3) is 3.54. The number of ether oxygens (including phenoxy) is 1. The highest BCUT2D eigenvalue weighted by Gasteiger charge is 2.29. The highest BCUT2D eigenvalue weighted by molar-refractivity contribution is 7.89. The fourth-order valence-electron chi connectivity index (χ4n) is 3.30. The minimum absolute atomic E-state index is 0.262. The normalized spacial score (nSPS) is 15.9. The number of aryl methyl sites for hydroxylation is 2. The number of piperazine rings is 1. The molecular formula is C19H23FN2O3S. The second-order valence-electron chi connectivity index (χ2n) is 6.45. The molecule has 1 aliphatic rings. The van der Waals surface area contributed by atoms with Gasteiger partial charge in [0.05, 0.1) is 12.0 Å². The standard InChI is InChI=1S/C19H23FN2O3S/c1-14-12-16(20)4-6-18(14)21-8-10-22(11-9-21)26(23,24)17-5-7-19(25-3)15(2)13-17/h4-7,12-13H,8-11H2,1-3H3. The molecule has 1 heterocycles. The molecule has 1 aliphatic heterocycles. The number of hydrogen-bond acceptors (Lipinski definition) is 4. The smallest absolute Gasteiger partial charge is 0.243 e. The van der Waals surface area contributed by atoms with Gasteiger partial charge in [0.15, 0.2) is 0 Å². The van der Waals surface area contributed by atoms with Crippen molar-refractivity contribution < 1.29 is 17.5 Å². The van der Waals surface area contributed by atoms with Crippen molar-refractivity contribution in [3.63, 3.8) is 0 Å². The molecule has 26 heavy (non-hydrogen) atoms. The maximum absolute atomic E-state index is 13.3. The summed E-state index contributed by atoms with van der Waals surface area (Å²) in [5, 5.41) is 0. The number of nitrogens with zero attached hydrogens (tertiary/aromatic N) is 2. The van der Waals surface area contributed by atoms with Gasteiger partial charge in [-0.2, -0.15) is 4.31 Å². The number of benzene rings is 2. The molecule has 2 aromatic carbocycles. The van der Waals surface area contributed by atoms with Crippen LogP contribution in [0.5, 0.6) is 5.75 Å². The number of halogens is 1. The summed E-state index contributed by atoms with van der Waals surface area (Å²) < 4.78 is 45.8. The largest absolute Gasteiger partial charge is 0.496 e. The number of hydrogen-bond donors (Lipinski definition) is 0. The third-order valence-corrected chi connectivity index (χ3v) is 6.64. The second kappa shape index (κ2) is 7.25. The van der Waals surface area contributed by atoms with Crippen LogP contribution in [0.2, 0.25) is 0 Å². The Hall–Kier alpha value is -2.12. The predicted octanol–water partition coefficient (Wildman–Crippen LogP) is 2.96. The Morgan fingerprint density at radius 2 is 1.65 bits per heavy atom. The number of sulfonamides is 1. The van der Waals surface area contributed by atoms with Gasteiger partial charge in [-0.3, -0.25) is 0 Å². The molecule has 1 fully saturated rings. The molecule has 140 valence electrons. The summed E-state index contributed by atoms with van der Waals surface area (Å²) in [5.41, 5.74) is 2.59. The molecule has 5 nitrogen and oxygen atoms in total. The van der Waals surface area contributed by atoms with E-state index < -0.39 is 10.0 Å². The third-order valence-electron chi connectivity index (χ3n) is 4.74. The summed E-state index contributed by atoms with van der Waals surface area (Å²) in [5.74, 6) is 0.405. The van der Waals surface area contributed by atoms with Gasteiger partial charge in [-0.05, 0) is 61.4 Å². The summed E-state index contributed by atoms with van der Waals surface area (Å²) in [6, 6.07) is 9.59. The lowest BCUT2D eigenvalue weighted by atomic mass is 10.1. The van der Waals surface area contributed by atoms with Gasteiger partial charge in [0, 0.05) is 31.9 Å². The van der Waals surface area contributed by atoms with Crippen LogP contribution >= 0.6 is 0 Å². The minimum Gasteiger partial charge on any atom is -0.496 e. The molecule has 3 rings (SSSR count). The van der Waals surface area contributed by atoms with Crippen molar-refractivity contribution in [3.8, 4) is 5.75 Å². The summed E-state index contributed by atoms with van der Waals surface area (Å²) in [4.78, 5) is 2.38. The van der Waals surface area contributed by atoms with Crippen LogP contribution in [-0.2, 0) is 10.0 Å². The topological polar surface area (TPSA) is 49.9 Å². The molecule has 0 N–H and O–H groups in total. The Labute approximate surface area is 154 Å². The Morgan fingerprint density at radius 3 is 2.23 bits per heavy atom. The molecular weight excluding hydrogens is 355 g/mol. The molecule has 0 unspecified atom stereocenters. The van der Waals surface area contributed by atoms with Crippen LogP contribution < -0.4 is 9.64 Å². The highest BCUT2D eigenvalue weighted by atomic mass is 32.2. The zero-order valence-corrected chi connectivity index (χ0v) is 16.0. The van der Waals surface area contributed by atoms with E-state index in [0.29, 0.717) is 31.9 Å². The molecule has 0 radical (unpaired) electrons. The molecule has 0 atom stereocenters. The molecule has 0 amide bonds. The van der Waals surface area contributed by atoms with E-state index in [1.165, 1.54) is 16.4 Å². The Bertz CT molecular complexity index is 907. The van der Waals surface area contributed by atoms with E-state index in [9.17, 15) is 12.8 Å². The van der Waals surface area contributed by atoms with Crippen LogP contribution in [0.4, 0.5) is 10.1 Å². The quantitative estimate of drug-likeness (QED) is 0.821. The molecule has 1 saturated heterocycles. The van der Waals surface area contributed by atoms with Gasteiger partial charge in [0.2, 0.25) is 10.0 Å². The van der Waals surface area contributed by atoms with Gasteiger partial charge < -0.3 is 9.64 Å². The van der Waals surface area contributed by atoms with Crippen molar-refractivity contribution in [2.75, 3.05) is 38.2 Å². The maximum atomic E-state index is 13.3. The van der Waals surface area contributed by atoms with Gasteiger partial charge in [-0.1, -0.05) is 0 Å². The first-order valence-electron chi connectivity index (χ1n) is 8.49. The van der Waals surface area contributed by atoms with Crippen LogP contribution in [0.15, 0.2) is 41.3 Å². The Morgan fingerprint density at radius 1 is 0.962 bits per heavy atom. The van der Waals surface area contributed by atoms with Crippen LogP contribution in [0.1, 0.15) is 11.1 Å². The van der Waals surface area contributed by atoms with Crippen LogP contribution in [0, 0.1) is 19.7 Å². The van der Waals surface area contributed by atoms with Gasteiger partial charge >= 0.3 is 0 Å². The van der Waals surface area contributed by atoms with Crippen molar-refractivity contribution in [1.82, 2.24) is 4.31 Å². The first-order chi connectivity index (χ1) is 12.3. The summed E-state index contributed by atoms with van der Waals surface area (Å²) in [6.45, 7) is 5.62. The summed E-state index contributed by atoms with van der Waals surface area (Å²) >= 11 is 0. The van der Waals surface area contributed by atoms with Crippen molar-refractivity contribution in [3.05, 3.63) is 53.3 Å². The first kappa shape index (κ1) is 18.7. The van der Waals surface area contributed by atoms with E-state index in [4.69, 9.17) is 4.74 Å². The van der Waals surface area contributed by atoms with Crippen LogP contribution in [0.25, 0.3) is 0 Å². The Balaban J connectivity index is 1.75. The SMILES string of the molecule is COc1ccc(S(=O)(=O)N2CCN(c3ccc(F)cc3C)CC2)cc1C. The van der Waals surface area contributed by atoms with Crippen molar-refractivity contribution >= 4 is 15.7 Å². The highest BCUT2D eigenvalue weighted by Crippen LogP contribution is 2.26. The lowest BCUT2D eigenvalue weighted by Crippen LogP contribution is -2.48. The zero-order valence-electron chi connectivity index (χ0n) is 15.2. The van der Waals surface area contributed by atoms with Gasteiger partial charge in [-0.15, -0.1) is 0 Å². The van der Waals surface area contributed by atoms with Crippen molar-refractivity contribution in [2.45, 2.75) is 18.7 Å². The van der Waals surface area contributed by atoms with Crippen molar-refractivity contribution in [2.24, 2.45) is 0 Å². The first-order valence-corrected chi connectivity index (χ1v) is 9.93. The second-order valence-corrected chi connectivity index (χ2v) is 8.39. The zero-order chi connectivity index (χ0) is 18.9. The van der Waals surface area contributed by atoms with Gasteiger partial charge in [0.25, 0.3) is 0 Å². The molecule has 7 heteroatoms. The van der Waals surface area contributed by atoms with E-state index >= 15 is 0 Å². The fourth-order valence-corrected chi connectivity index (χ4v) is 4.81. The lowest BCUT2D eigenvalue weighted by molar-refractivity contribution is 0.384. The molecule has 0 saturated carbocycles. The predicted molar refractivity (Wildman–Crippen MR) is 99.8 cm³/mol. The van der Waals surface area contributed by atoms with E-state index in [2.05, 4.69) is 4.90 Å². The monoisotopic (exact) mass is 378 g/mol. The molecule has 0 spiro atoms. The van der Waals surface area contributed by atoms with Gasteiger partial charge in [-0.25, -0.2) is 12.8 Å². The average Bonchev–Trinajstić information content (AvgIpc) is 2.62. The van der Waals surface area contributed by atoms with E-state index in [0.717, 1.165) is 16.8 Å². The minimum atomic E-state index is -3.54. The lowest BCUT2D eigenvalue weighted by Gasteiger charge is -2.36. The van der Waals surface area contributed by atoms with Crippen molar-refractivity contribution in [1.29, 1.82) is 0 Å². The summed E-state index contributed by atoms with van der Waals surface area (Å²) in [7, 11) is -1.98.